The number of aromatic amines is 1. The quantitative estimate of drug-likeness (QED) is 0.375. The molecule has 0 saturated carbocycles. The summed E-state index contributed by atoms with van der Waals surface area (Å²) in [5.74, 6) is 1.01. The third-order valence-corrected chi connectivity index (χ3v) is 8.44. The van der Waals surface area contributed by atoms with Crippen molar-refractivity contribution in [2.24, 2.45) is 7.05 Å². The van der Waals surface area contributed by atoms with Crippen molar-refractivity contribution < 1.29 is 13.2 Å². The Morgan fingerprint density at radius 3 is 2.70 bits per heavy atom. The number of imidazole rings is 1. The van der Waals surface area contributed by atoms with E-state index in [4.69, 9.17) is 0 Å². The molecule has 3 heterocycles. The van der Waals surface area contributed by atoms with Gasteiger partial charge in [0.15, 0.2) is 5.82 Å². The minimum Gasteiger partial charge on any atom is -0.331 e. The molecule has 0 aliphatic heterocycles. The molecule has 4 rings (SSSR count). The first-order valence-electron chi connectivity index (χ1n) is 10.7. The fourth-order valence-corrected chi connectivity index (χ4v) is 5.87. The van der Waals surface area contributed by atoms with Gasteiger partial charge in [-0.05, 0) is 29.6 Å². The highest BCUT2D eigenvalue weighted by atomic mass is 32.2. The number of hydrogen-bond acceptors (Lipinski definition) is 6. The Labute approximate surface area is 196 Å². The van der Waals surface area contributed by atoms with E-state index in [2.05, 4.69) is 20.5 Å². The van der Waals surface area contributed by atoms with Gasteiger partial charge in [0, 0.05) is 39.0 Å². The van der Waals surface area contributed by atoms with Gasteiger partial charge in [-0.3, -0.25) is 9.89 Å². The average molecular weight is 487 g/mol. The molecule has 33 heavy (non-hydrogen) atoms. The number of anilines is 1. The summed E-state index contributed by atoms with van der Waals surface area (Å²) in [6, 6.07) is 10.7. The van der Waals surface area contributed by atoms with Crippen LogP contribution in [0.3, 0.4) is 0 Å². The van der Waals surface area contributed by atoms with E-state index >= 15 is 0 Å². The van der Waals surface area contributed by atoms with Gasteiger partial charge in [-0.15, -0.1) is 11.3 Å². The molecule has 0 fully saturated rings. The number of amides is 1. The SMILES string of the molecule is CCN(CC)S(=O)(=O)c1ccc2c(c1)nc(CCC(=O)Nc1cc(-c3cccs3)[nH]n1)n2C. The molecule has 1 amide bonds. The lowest BCUT2D eigenvalue weighted by Crippen LogP contribution is -2.30. The van der Waals surface area contributed by atoms with Gasteiger partial charge in [0.05, 0.1) is 26.5 Å². The van der Waals surface area contributed by atoms with Crippen molar-refractivity contribution in [3.05, 3.63) is 47.6 Å². The Balaban J connectivity index is 1.45. The second kappa shape index (κ2) is 9.46. The van der Waals surface area contributed by atoms with E-state index in [0.29, 0.717) is 36.7 Å². The molecule has 9 nitrogen and oxygen atoms in total. The fourth-order valence-electron chi connectivity index (χ4n) is 3.70. The molecule has 2 N–H and O–H groups in total. The lowest BCUT2D eigenvalue weighted by molar-refractivity contribution is -0.116. The lowest BCUT2D eigenvalue weighted by atomic mass is 10.3. The van der Waals surface area contributed by atoms with Crippen molar-refractivity contribution in [3.63, 3.8) is 0 Å². The van der Waals surface area contributed by atoms with Crippen LogP contribution in [0.25, 0.3) is 21.6 Å². The lowest BCUT2D eigenvalue weighted by Gasteiger charge is -2.18. The number of sulfonamides is 1. The number of carbonyl (C=O) groups is 1. The van der Waals surface area contributed by atoms with Crippen LogP contribution in [-0.4, -0.2) is 51.5 Å². The second-order valence-electron chi connectivity index (χ2n) is 7.52. The van der Waals surface area contributed by atoms with Crippen LogP contribution in [0.4, 0.5) is 5.82 Å². The van der Waals surface area contributed by atoms with E-state index in [1.165, 1.54) is 4.31 Å². The molecule has 174 valence electrons. The third kappa shape index (κ3) is 4.70. The highest BCUT2D eigenvalue weighted by Gasteiger charge is 2.23. The second-order valence-corrected chi connectivity index (χ2v) is 10.4. The number of rotatable bonds is 9. The smallest absolute Gasteiger partial charge is 0.243 e. The summed E-state index contributed by atoms with van der Waals surface area (Å²) >= 11 is 1.59. The molecule has 0 bridgehead atoms. The maximum absolute atomic E-state index is 12.8. The molecule has 0 radical (unpaired) electrons. The molecule has 3 aromatic heterocycles. The van der Waals surface area contributed by atoms with Gasteiger partial charge in [0.2, 0.25) is 15.9 Å². The number of H-pyrrole nitrogens is 1. The first-order valence-corrected chi connectivity index (χ1v) is 13.0. The Morgan fingerprint density at radius 1 is 1.21 bits per heavy atom. The topological polar surface area (TPSA) is 113 Å². The molecular weight excluding hydrogens is 460 g/mol. The summed E-state index contributed by atoms with van der Waals surface area (Å²) in [5, 5.41) is 11.9. The van der Waals surface area contributed by atoms with E-state index in [9.17, 15) is 13.2 Å². The van der Waals surface area contributed by atoms with Crippen molar-refractivity contribution in [1.29, 1.82) is 0 Å². The predicted octanol–water partition coefficient (Wildman–Crippen LogP) is 3.63. The van der Waals surface area contributed by atoms with E-state index < -0.39 is 10.0 Å². The molecule has 0 aliphatic rings. The zero-order valence-electron chi connectivity index (χ0n) is 18.7. The van der Waals surface area contributed by atoms with Crippen LogP contribution >= 0.6 is 11.3 Å². The van der Waals surface area contributed by atoms with Crippen molar-refractivity contribution in [2.75, 3.05) is 18.4 Å². The number of benzene rings is 1. The van der Waals surface area contributed by atoms with E-state index in [1.807, 2.05) is 43.0 Å². The third-order valence-electron chi connectivity index (χ3n) is 5.50. The van der Waals surface area contributed by atoms with Gasteiger partial charge in [0.25, 0.3) is 0 Å². The normalized spacial score (nSPS) is 12.0. The summed E-state index contributed by atoms with van der Waals surface area (Å²) in [4.78, 5) is 18.3. The molecule has 0 saturated heterocycles. The number of hydrogen-bond donors (Lipinski definition) is 2. The zero-order chi connectivity index (χ0) is 23.6. The molecular formula is C22H26N6O3S2. The molecule has 11 heteroatoms. The van der Waals surface area contributed by atoms with Gasteiger partial charge in [0.1, 0.15) is 5.82 Å². The van der Waals surface area contributed by atoms with Gasteiger partial charge in [-0.1, -0.05) is 19.9 Å². The van der Waals surface area contributed by atoms with Crippen LogP contribution in [-0.2, 0) is 28.3 Å². The minimum atomic E-state index is -3.56. The Morgan fingerprint density at radius 2 is 2.00 bits per heavy atom. The van der Waals surface area contributed by atoms with Crippen LogP contribution < -0.4 is 5.32 Å². The van der Waals surface area contributed by atoms with Gasteiger partial charge >= 0.3 is 0 Å². The predicted molar refractivity (Wildman–Crippen MR) is 130 cm³/mol. The Bertz CT molecular complexity index is 1370. The van der Waals surface area contributed by atoms with Crippen LogP contribution in [0.1, 0.15) is 26.1 Å². The number of nitrogens with one attached hydrogen (secondary N) is 2. The summed E-state index contributed by atoms with van der Waals surface area (Å²) in [6.07, 6.45) is 0.639. The summed E-state index contributed by atoms with van der Waals surface area (Å²) < 4.78 is 29.0. The van der Waals surface area contributed by atoms with E-state index in [1.54, 1.807) is 35.6 Å². The van der Waals surface area contributed by atoms with Crippen molar-refractivity contribution in [1.82, 2.24) is 24.1 Å². The molecule has 1 aromatic carbocycles. The zero-order valence-corrected chi connectivity index (χ0v) is 20.3. The van der Waals surface area contributed by atoms with Crippen LogP contribution in [0.15, 0.2) is 46.7 Å². The Kier molecular flexibility index (Phi) is 6.63. The first kappa shape index (κ1) is 23.1. The summed E-state index contributed by atoms with van der Waals surface area (Å²) in [6.45, 7) is 4.44. The van der Waals surface area contributed by atoms with Crippen LogP contribution in [0, 0.1) is 0 Å². The largest absolute Gasteiger partial charge is 0.331 e. The maximum Gasteiger partial charge on any atom is 0.243 e. The minimum absolute atomic E-state index is 0.170. The fraction of sp³-hybridized carbons (Fsp3) is 0.318. The molecule has 0 unspecified atom stereocenters. The van der Waals surface area contributed by atoms with Gasteiger partial charge in [-0.2, -0.15) is 9.40 Å². The van der Waals surface area contributed by atoms with Gasteiger partial charge < -0.3 is 9.88 Å². The number of carbonyl (C=O) groups excluding carboxylic acids is 1. The van der Waals surface area contributed by atoms with Crippen molar-refractivity contribution >= 4 is 44.1 Å². The summed E-state index contributed by atoms with van der Waals surface area (Å²) in [7, 11) is -1.70. The first-order chi connectivity index (χ1) is 15.8. The van der Waals surface area contributed by atoms with Crippen LogP contribution in [0.5, 0.6) is 0 Å². The van der Waals surface area contributed by atoms with Crippen LogP contribution in [0.2, 0.25) is 0 Å². The van der Waals surface area contributed by atoms with Gasteiger partial charge in [-0.25, -0.2) is 13.4 Å². The highest BCUT2D eigenvalue weighted by Crippen LogP contribution is 2.25. The number of fused-ring (bicyclic) bond motifs is 1. The molecule has 0 atom stereocenters. The number of nitrogens with zero attached hydrogens (tertiary/aromatic N) is 4. The maximum atomic E-state index is 12.8. The standard InChI is InChI=1S/C22H26N6O3S2/c1-4-28(5-2)33(30,31)15-8-9-18-16(13-15)23-21(27(18)3)10-11-22(29)24-20-14-17(25-26-20)19-7-6-12-32-19/h6-9,12-14H,4-5,10-11H2,1-3H3,(H2,24,25,26,29). The summed E-state index contributed by atoms with van der Waals surface area (Å²) in [5.41, 5.74) is 2.26. The molecule has 0 spiro atoms. The number of thiophene rings is 1. The molecule has 4 aromatic rings. The highest BCUT2D eigenvalue weighted by molar-refractivity contribution is 7.89. The number of aromatic nitrogens is 4. The van der Waals surface area contributed by atoms with E-state index in [-0.39, 0.29) is 17.2 Å². The molecule has 0 aliphatic carbocycles. The van der Waals surface area contributed by atoms with Crippen molar-refractivity contribution in [3.8, 4) is 10.6 Å². The number of aryl methyl sites for hydroxylation is 2. The average Bonchev–Trinajstić information content (AvgIpc) is 3.53. The van der Waals surface area contributed by atoms with Crippen molar-refractivity contribution in [2.45, 2.75) is 31.6 Å². The van der Waals surface area contributed by atoms with E-state index in [0.717, 1.165) is 16.1 Å². The Hall–Kier alpha value is -3.02. The monoisotopic (exact) mass is 486 g/mol.